The fourth-order valence-electron chi connectivity index (χ4n) is 1.21. The molecule has 0 aliphatic heterocycles. The summed E-state index contributed by atoms with van der Waals surface area (Å²) in [4.78, 5) is 11.6. The number of hydrogen-bond donors (Lipinski definition) is 2. The Labute approximate surface area is 104 Å². The maximum Gasteiger partial charge on any atom is 0.237 e. The second-order valence-electron chi connectivity index (χ2n) is 4.19. The van der Waals surface area contributed by atoms with Crippen molar-refractivity contribution in [2.45, 2.75) is 26.0 Å². The molecule has 1 rings (SSSR count). The molecule has 17 heavy (non-hydrogen) atoms. The van der Waals surface area contributed by atoms with Crippen LogP contribution in [0.25, 0.3) is 0 Å². The maximum absolute atomic E-state index is 11.6. The first-order valence-electron chi connectivity index (χ1n) is 5.43. The molecule has 0 radical (unpaired) electrons. The van der Waals surface area contributed by atoms with Gasteiger partial charge in [0.05, 0.1) is 0 Å². The predicted molar refractivity (Wildman–Crippen MR) is 72.4 cm³/mol. The first-order chi connectivity index (χ1) is 7.90. The van der Waals surface area contributed by atoms with Crippen LogP contribution in [0.5, 0.6) is 0 Å². The number of amides is 1. The summed E-state index contributed by atoms with van der Waals surface area (Å²) in [6.07, 6.45) is 0. The van der Waals surface area contributed by atoms with E-state index in [-0.39, 0.29) is 16.9 Å². The molecule has 1 amide bonds. The first-order valence-corrected chi connectivity index (χ1v) is 6.81. The summed E-state index contributed by atoms with van der Waals surface area (Å²) in [6, 6.07) is 5.32. The number of nitrogens with two attached hydrogens (primary N) is 1. The molecule has 1 unspecified atom stereocenters. The van der Waals surface area contributed by atoms with E-state index in [0.29, 0.717) is 11.4 Å². The Morgan fingerprint density at radius 1 is 1.47 bits per heavy atom. The van der Waals surface area contributed by atoms with E-state index in [0.717, 1.165) is 5.56 Å². The van der Waals surface area contributed by atoms with Crippen LogP contribution in [0.15, 0.2) is 18.2 Å². The zero-order valence-electron chi connectivity index (χ0n) is 10.3. The zero-order valence-corrected chi connectivity index (χ0v) is 11.1. The van der Waals surface area contributed by atoms with Crippen LogP contribution in [0.4, 0.5) is 11.4 Å². The normalized spacial score (nSPS) is 12.5. The van der Waals surface area contributed by atoms with Crippen molar-refractivity contribution < 1.29 is 9.00 Å². The van der Waals surface area contributed by atoms with Crippen LogP contribution in [-0.2, 0) is 15.6 Å². The number of benzene rings is 1. The van der Waals surface area contributed by atoms with Crippen LogP contribution in [0.3, 0.4) is 0 Å². The van der Waals surface area contributed by atoms with Gasteiger partial charge in [-0.05, 0) is 24.6 Å². The molecule has 3 N–H and O–H groups in total. The third-order valence-corrected chi connectivity index (χ3v) is 3.96. The summed E-state index contributed by atoms with van der Waals surface area (Å²) in [5, 5.41) is 2.67. The molecule has 1 aromatic carbocycles. The van der Waals surface area contributed by atoms with E-state index < -0.39 is 10.8 Å². The lowest BCUT2D eigenvalue weighted by atomic mass is 10.2. The van der Waals surface area contributed by atoms with Gasteiger partial charge in [0, 0.05) is 27.4 Å². The molecule has 0 fully saturated rings. The number of nitrogen functional groups attached to an aromatic ring is 1. The quantitative estimate of drug-likeness (QED) is 0.803. The van der Waals surface area contributed by atoms with Crippen LogP contribution >= 0.6 is 0 Å². The smallest absolute Gasteiger partial charge is 0.237 e. The summed E-state index contributed by atoms with van der Waals surface area (Å²) in [6.45, 7) is 5.55. The van der Waals surface area contributed by atoms with Crippen LogP contribution in [0.2, 0.25) is 0 Å². The molecule has 0 aromatic heterocycles. The van der Waals surface area contributed by atoms with Gasteiger partial charge in [0.1, 0.15) is 5.75 Å². The van der Waals surface area contributed by atoms with Gasteiger partial charge in [-0.25, -0.2) is 0 Å². The van der Waals surface area contributed by atoms with Crippen molar-refractivity contribution in [1.29, 1.82) is 0 Å². The lowest BCUT2D eigenvalue weighted by Crippen LogP contribution is -2.23. The number of anilines is 2. The van der Waals surface area contributed by atoms with Crippen molar-refractivity contribution in [3.8, 4) is 0 Å². The minimum atomic E-state index is -1.13. The molecule has 94 valence electrons. The van der Waals surface area contributed by atoms with Gasteiger partial charge in [0.2, 0.25) is 5.91 Å². The number of aryl methyl sites for hydroxylation is 1. The fraction of sp³-hybridized carbons (Fsp3) is 0.417. The number of rotatable bonds is 4. The SMILES string of the molecule is Cc1ccc(NC(=O)CS(=O)C(C)C)cc1N. The maximum atomic E-state index is 11.6. The highest BCUT2D eigenvalue weighted by Gasteiger charge is 2.11. The van der Waals surface area contributed by atoms with Crippen LogP contribution in [0, 0.1) is 6.92 Å². The predicted octanol–water partition coefficient (Wildman–Crippen LogP) is 1.67. The molecule has 1 atom stereocenters. The van der Waals surface area contributed by atoms with Crippen LogP contribution < -0.4 is 11.1 Å². The number of carbonyl (C=O) groups excluding carboxylic acids is 1. The van der Waals surface area contributed by atoms with Gasteiger partial charge in [0.15, 0.2) is 0 Å². The lowest BCUT2D eigenvalue weighted by molar-refractivity contribution is -0.113. The lowest BCUT2D eigenvalue weighted by Gasteiger charge is -2.08. The molecule has 1 aromatic rings. The summed E-state index contributed by atoms with van der Waals surface area (Å²) in [5.74, 6) is -0.230. The van der Waals surface area contributed by atoms with Gasteiger partial charge in [-0.3, -0.25) is 9.00 Å². The third-order valence-electron chi connectivity index (χ3n) is 2.36. The molecule has 4 nitrogen and oxygen atoms in total. The first kappa shape index (κ1) is 13.7. The van der Waals surface area contributed by atoms with Crippen LogP contribution in [-0.4, -0.2) is 21.1 Å². The molecular formula is C12H18N2O2S. The highest BCUT2D eigenvalue weighted by Crippen LogP contribution is 2.16. The molecular weight excluding hydrogens is 236 g/mol. The minimum absolute atomic E-state index is 0.0103. The Morgan fingerprint density at radius 2 is 2.12 bits per heavy atom. The topological polar surface area (TPSA) is 72.2 Å². The second-order valence-corrected chi connectivity index (χ2v) is 6.19. The number of carbonyl (C=O) groups is 1. The average molecular weight is 254 g/mol. The van der Waals surface area contributed by atoms with Crippen molar-refractivity contribution in [2.75, 3.05) is 16.8 Å². The molecule has 0 saturated carbocycles. The molecule has 0 heterocycles. The minimum Gasteiger partial charge on any atom is -0.398 e. The summed E-state index contributed by atoms with van der Waals surface area (Å²) in [5.41, 5.74) is 7.97. The van der Waals surface area contributed by atoms with E-state index in [4.69, 9.17) is 5.73 Å². The van der Waals surface area contributed by atoms with Crippen molar-refractivity contribution in [3.05, 3.63) is 23.8 Å². The summed E-state index contributed by atoms with van der Waals surface area (Å²) >= 11 is 0. The highest BCUT2D eigenvalue weighted by atomic mass is 32.2. The molecule has 0 saturated heterocycles. The Hall–Kier alpha value is -1.36. The van der Waals surface area contributed by atoms with E-state index >= 15 is 0 Å². The second kappa shape index (κ2) is 5.82. The Kier molecular flexibility index (Phi) is 4.69. The van der Waals surface area contributed by atoms with E-state index in [1.54, 1.807) is 12.1 Å². The van der Waals surface area contributed by atoms with Gasteiger partial charge >= 0.3 is 0 Å². The monoisotopic (exact) mass is 254 g/mol. The van der Waals surface area contributed by atoms with E-state index in [9.17, 15) is 9.00 Å². The van der Waals surface area contributed by atoms with E-state index in [1.807, 2.05) is 26.8 Å². The van der Waals surface area contributed by atoms with Gasteiger partial charge in [0.25, 0.3) is 0 Å². The molecule has 0 aliphatic rings. The molecule has 0 aliphatic carbocycles. The molecule has 0 bridgehead atoms. The fourth-order valence-corrected chi connectivity index (χ4v) is 1.88. The van der Waals surface area contributed by atoms with Crippen molar-refractivity contribution in [2.24, 2.45) is 0 Å². The molecule has 0 spiro atoms. The van der Waals surface area contributed by atoms with Crippen molar-refractivity contribution >= 4 is 28.1 Å². The number of nitrogens with one attached hydrogen (secondary N) is 1. The highest BCUT2D eigenvalue weighted by molar-refractivity contribution is 7.86. The summed E-state index contributed by atoms with van der Waals surface area (Å²) < 4.78 is 11.5. The van der Waals surface area contributed by atoms with E-state index in [2.05, 4.69) is 5.32 Å². The largest absolute Gasteiger partial charge is 0.398 e. The Morgan fingerprint density at radius 3 is 2.65 bits per heavy atom. The van der Waals surface area contributed by atoms with Gasteiger partial charge in [-0.15, -0.1) is 0 Å². The van der Waals surface area contributed by atoms with Crippen molar-refractivity contribution in [1.82, 2.24) is 0 Å². The van der Waals surface area contributed by atoms with E-state index in [1.165, 1.54) is 0 Å². The molecule has 5 heteroatoms. The van der Waals surface area contributed by atoms with Crippen molar-refractivity contribution in [3.63, 3.8) is 0 Å². The number of hydrogen-bond acceptors (Lipinski definition) is 3. The third kappa shape index (κ3) is 4.19. The van der Waals surface area contributed by atoms with Crippen LogP contribution in [0.1, 0.15) is 19.4 Å². The van der Waals surface area contributed by atoms with Gasteiger partial charge < -0.3 is 11.1 Å². The Bertz CT molecular complexity index is 444. The Balaban J connectivity index is 2.62. The standard InChI is InChI=1S/C12H18N2O2S/c1-8(2)17(16)7-12(15)14-10-5-4-9(3)11(13)6-10/h4-6,8H,7,13H2,1-3H3,(H,14,15). The van der Waals surface area contributed by atoms with Gasteiger partial charge in [-0.1, -0.05) is 19.9 Å². The average Bonchev–Trinajstić information content (AvgIpc) is 2.23. The zero-order chi connectivity index (χ0) is 13.0. The summed E-state index contributed by atoms with van der Waals surface area (Å²) in [7, 11) is -1.13. The van der Waals surface area contributed by atoms with Gasteiger partial charge in [-0.2, -0.15) is 0 Å².